The Morgan fingerprint density at radius 2 is 2.12 bits per heavy atom. The van der Waals surface area contributed by atoms with Crippen LogP contribution in [0.2, 0.25) is 0 Å². The molecule has 0 aliphatic heterocycles. The van der Waals surface area contributed by atoms with E-state index in [2.05, 4.69) is 0 Å². The second-order valence-corrected chi connectivity index (χ2v) is 3.83. The molecular formula is C10H12ClFN2O2. The molecule has 1 aliphatic rings. The second-order valence-electron chi connectivity index (χ2n) is 3.83. The summed E-state index contributed by atoms with van der Waals surface area (Å²) in [6.45, 7) is 0. The summed E-state index contributed by atoms with van der Waals surface area (Å²) in [5.74, 6) is -0.179. The zero-order valence-corrected chi connectivity index (χ0v) is 9.24. The minimum atomic E-state index is -0.539. The SMILES string of the molecule is Cl.N[C@@H](c1cc([N+](=O)[O-])ccc1F)C1CC1. The van der Waals surface area contributed by atoms with Gasteiger partial charge in [0.1, 0.15) is 5.82 Å². The zero-order chi connectivity index (χ0) is 11.0. The van der Waals surface area contributed by atoms with Gasteiger partial charge in [-0.2, -0.15) is 0 Å². The molecule has 0 heterocycles. The number of non-ortho nitro benzene ring substituents is 1. The number of nitrogens with zero attached hydrogens (tertiary/aromatic N) is 1. The summed E-state index contributed by atoms with van der Waals surface area (Å²) in [6, 6.07) is 3.08. The number of rotatable bonds is 3. The average Bonchev–Trinajstić information content (AvgIpc) is 3.00. The van der Waals surface area contributed by atoms with Gasteiger partial charge in [-0.25, -0.2) is 4.39 Å². The molecule has 1 saturated carbocycles. The lowest BCUT2D eigenvalue weighted by molar-refractivity contribution is -0.385. The summed E-state index contributed by atoms with van der Waals surface area (Å²) < 4.78 is 13.4. The van der Waals surface area contributed by atoms with Crippen LogP contribution >= 0.6 is 12.4 Å². The maximum absolute atomic E-state index is 13.4. The topological polar surface area (TPSA) is 69.2 Å². The molecule has 1 fully saturated rings. The van der Waals surface area contributed by atoms with Crippen molar-refractivity contribution in [1.82, 2.24) is 0 Å². The van der Waals surface area contributed by atoms with Gasteiger partial charge in [-0.1, -0.05) is 0 Å². The molecule has 1 aromatic rings. The van der Waals surface area contributed by atoms with Gasteiger partial charge in [0.2, 0.25) is 0 Å². The van der Waals surface area contributed by atoms with Crippen molar-refractivity contribution in [2.24, 2.45) is 11.7 Å². The molecule has 0 unspecified atom stereocenters. The molecule has 16 heavy (non-hydrogen) atoms. The number of benzene rings is 1. The molecular weight excluding hydrogens is 235 g/mol. The van der Waals surface area contributed by atoms with Gasteiger partial charge in [0.15, 0.2) is 0 Å². The van der Waals surface area contributed by atoms with Gasteiger partial charge in [0.25, 0.3) is 5.69 Å². The van der Waals surface area contributed by atoms with Crippen molar-refractivity contribution >= 4 is 18.1 Å². The Kier molecular flexibility index (Phi) is 3.83. The predicted octanol–water partition coefficient (Wildman–Crippen LogP) is 2.57. The minimum Gasteiger partial charge on any atom is -0.324 e. The van der Waals surface area contributed by atoms with Crippen LogP contribution < -0.4 is 5.73 Å². The first-order chi connectivity index (χ1) is 7.09. The minimum absolute atomic E-state index is 0. The van der Waals surface area contributed by atoms with Crippen molar-refractivity contribution in [3.05, 3.63) is 39.7 Å². The summed E-state index contributed by atoms with van der Waals surface area (Å²) in [7, 11) is 0. The first-order valence-electron chi connectivity index (χ1n) is 4.79. The number of nitro groups is 1. The van der Waals surface area contributed by atoms with Crippen LogP contribution in [0.5, 0.6) is 0 Å². The average molecular weight is 247 g/mol. The monoisotopic (exact) mass is 246 g/mol. The summed E-state index contributed by atoms with van der Waals surface area (Å²) in [6.07, 6.45) is 1.95. The molecule has 1 aromatic carbocycles. The normalized spacial score (nSPS) is 16.4. The fraction of sp³-hybridized carbons (Fsp3) is 0.400. The molecule has 0 bridgehead atoms. The maximum Gasteiger partial charge on any atom is 0.269 e. The van der Waals surface area contributed by atoms with Crippen LogP contribution in [0.3, 0.4) is 0 Å². The molecule has 2 rings (SSSR count). The largest absolute Gasteiger partial charge is 0.324 e. The Bertz CT molecular complexity index is 410. The third-order valence-corrected chi connectivity index (χ3v) is 2.68. The third-order valence-electron chi connectivity index (χ3n) is 2.68. The molecule has 6 heteroatoms. The molecule has 1 aliphatic carbocycles. The number of nitrogens with two attached hydrogens (primary N) is 1. The van der Waals surface area contributed by atoms with Crippen LogP contribution in [0.25, 0.3) is 0 Å². The Labute approximate surface area is 98.2 Å². The Hall–Kier alpha value is -1.20. The lowest BCUT2D eigenvalue weighted by atomic mass is 10.0. The van der Waals surface area contributed by atoms with Gasteiger partial charge in [-0.15, -0.1) is 12.4 Å². The van der Waals surface area contributed by atoms with E-state index in [9.17, 15) is 14.5 Å². The van der Waals surface area contributed by atoms with Gasteiger partial charge in [0.05, 0.1) is 4.92 Å². The third kappa shape index (κ3) is 2.48. The molecule has 0 aromatic heterocycles. The van der Waals surface area contributed by atoms with E-state index in [0.29, 0.717) is 0 Å². The van der Waals surface area contributed by atoms with E-state index in [1.165, 1.54) is 6.07 Å². The number of hydrogen-bond donors (Lipinski definition) is 1. The van der Waals surface area contributed by atoms with Crippen molar-refractivity contribution in [3.8, 4) is 0 Å². The highest BCUT2D eigenvalue weighted by molar-refractivity contribution is 5.85. The quantitative estimate of drug-likeness (QED) is 0.658. The highest BCUT2D eigenvalue weighted by atomic mass is 35.5. The van der Waals surface area contributed by atoms with Crippen molar-refractivity contribution < 1.29 is 9.31 Å². The summed E-state index contributed by atoms with van der Waals surface area (Å²) >= 11 is 0. The molecule has 0 spiro atoms. The number of hydrogen-bond acceptors (Lipinski definition) is 3. The zero-order valence-electron chi connectivity index (χ0n) is 8.43. The van der Waals surface area contributed by atoms with Crippen LogP contribution in [-0.2, 0) is 0 Å². The lowest BCUT2D eigenvalue weighted by Crippen LogP contribution is -2.14. The van der Waals surface area contributed by atoms with Crippen LogP contribution in [0, 0.1) is 21.8 Å². The molecule has 88 valence electrons. The van der Waals surface area contributed by atoms with Gasteiger partial charge in [0, 0.05) is 23.7 Å². The Morgan fingerprint density at radius 3 is 2.62 bits per heavy atom. The fourth-order valence-electron chi connectivity index (χ4n) is 1.61. The van der Waals surface area contributed by atoms with Gasteiger partial charge >= 0.3 is 0 Å². The van der Waals surface area contributed by atoms with E-state index >= 15 is 0 Å². The molecule has 0 saturated heterocycles. The standard InChI is InChI=1S/C10H11FN2O2.ClH/c11-9-4-3-7(13(14)15)5-8(9)10(12)6-1-2-6;/h3-6,10H,1-2,12H2;1H/t10-;/m1./s1. The molecule has 4 nitrogen and oxygen atoms in total. The maximum atomic E-state index is 13.4. The first-order valence-corrected chi connectivity index (χ1v) is 4.79. The highest BCUT2D eigenvalue weighted by Crippen LogP contribution is 2.40. The van der Waals surface area contributed by atoms with Crippen LogP contribution in [0.1, 0.15) is 24.4 Å². The van der Waals surface area contributed by atoms with Crippen molar-refractivity contribution in [1.29, 1.82) is 0 Å². The van der Waals surface area contributed by atoms with E-state index in [1.807, 2.05) is 0 Å². The summed E-state index contributed by atoms with van der Waals surface area (Å²) in [5.41, 5.74) is 5.95. The van der Waals surface area contributed by atoms with Crippen LogP contribution in [0.15, 0.2) is 18.2 Å². The molecule has 2 N–H and O–H groups in total. The smallest absolute Gasteiger partial charge is 0.269 e. The van der Waals surface area contributed by atoms with E-state index in [1.54, 1.807) is 0 Å². The lowest BCUT2D eigenvalue weighted by Gasteiger charge is -2.11. The van der Waals surface area contributed by atoms with E-state index in [4.69, 9.17) is 5.73 Å². The molecule has 0 amide bonds. The Morgan fingerprint density at radius 1 is 1.50 bits per heavy atom. The first kappa shape index (κ1) is 12.9. The summed E-state index contributed by atoms with van der Waals surface area (Å²) in [5, 5.41) is 10.5. The Balaban J connectivity index is 0.00000128. The van der Waals surface area contributed by atoms with Gasteiger partial charge < -0.3 is 5.73 Å². The van der Waals surface area contributed by atoms with E-state index in [-0.39, 0.29) is 29.6 Å². The fourth-order valence-corrected chi connectivity index (χ4v) is 1.61. The molecule has 0 radical (unpaired) electrons. The van der Waals surface area contributed by atoms with Crippen molar-refractivity contribution in [2.75, 3.05) is 0 Å². The molecule has 1 atom stereocenters. The van der Waals surface area contributed by atoms with Gasteiger partial charge in [-0.3, -0.25) is 10.1 Å². The second kappa shape index (κ2) is 4.76. The van der Waals surface area contributed by atoms with E-state index < -0.39 is 16.8 Å². The number of nitro benzene ring substituents is 1. The summed E-state index contributed by atoms with van der Waals surface area (Å²) in [4.78, 5) is 9.98. The number of halogens is 2. The van der Waals surface area contributed by atoms with E-state index in [0.717, 1.165) is 25.0 Å². The van der Waals surface area contributed by atoms with Crippen LogP contribution in [-0.4, -0.2) is 4.92 Å². The highest BCUT2D eigenvalue weighted by Gasteiger charge is 2.31. The predicted molar refractivity (Wildman–Crippen MR) is 60.0 cm³/mol. The van der Waals surface area contributed by atoms with Gasteiger partial charge in [-0.05, 0) is 24.8 Å². The van der Waals surface area contributed by atoms with Crippen molar-refractivity contribution in [3.63, 3.8) is 0 Å². The van der Waals surface area contributed by atoms with Crippen molar-refractivity contribution in [2.45, 2.75) is 18.9 Å². The van der Waals surface area contributed by atoms with Crippen LogP contribution in [0.4, 0.5) is 10.1 Å².